The Morgan fingerprint density at radius 3 is 2.78 bits per heavy atom. The summed E-state index contributed by atoms with van der Waals surface area (Å²) in [6, 6.07) is 14.4. The summed E-state index contributed by atoms with van der Waals surface area (Å²) in [7, 11) is 0. The van der Waals surface area contributed by atoms with Crippen LogP contribution in [0.2, 0.25) is 0 Å². The molecule has 90 valence electrons. The number of aromatic nitrogens is 2. The molecular weight excluding hydrogens is 222 g/mol. The lowest BCUT2D eigenvalue weighted by molar-refractivity contribution is 0.819. The SMILES string of the molecule is CC(N)c1ccccc1-c1cccc2nccn12. The number of nitrogens with zero attached hydrogens (tertiary/aromatic N) is 2. The normalized spacial score (nSPS) is 12.8. The van der Waals surface area contributed by atoms with Gasteiger partial charge in [-0.25, -0.2) is 4.98 Å². The lowest BCUT2D eigenvalue weighted by Gasteiger charge is -2.14. The van der Waals surface area contributed by atoms with Crippen molar-refractivity contribution in [2.75, 3.05) is 0 Å². The fourth-order valence-electron chi connectivity index (χ4n) is 2.29. The van der Waals surface area contributed by atoms with E-state index in [-0.39, 0.29) is 6.04 Å². The Morgan fingerprint density at radius 2 is 1.94 bits per heavy atom. The van der Waals surface area contributed by atoms with Crippen molar-refractivity contribution in [1.82, 2.24) is 9.38 Å². The molecular formula is C15H15N3. The van der Waals surface area contributed by atoms with Gasteiger partial charge in [0.05, 0.1) is 5.69 Å². The van der Waals surface area contributed by atoms with E-state index in [1.54, 1.807) is 0 Å². The standard InChI is InChI=1S/C15H15N3/c1-11(16)12-5-2-3-6-13(12)14-7-4-8-15-17-9-10-18(14)15/h2-11H,16H2,1H3. The van der Waals surface area contributed by atoms with Gasteiger partial charge in [0.2, 0.25) is 0 Å². The van der Waals surface area contributed by atoms with Crippen molar-refractivity contribution in [2.45, 2.75) is 13.0 Å². The van der Waals surface area contributed by atoms with E-state index >= 15 is 0 Å². The molecule has 2 aromatic heterocycles. The van der Waals surface area contributed by atoms with Gasteiger partial charge in [-0.15, -0.1) is 0 Å². The van der Waals surface area contributed by atoms with E-state index in [9.17, 15) is 0 Å². The molecule has 0 radical (unpaired) electrons. The third-order valence-electron chi connectivity index (χ3n) is 3.16. The van der Waals surface area contributed by atoms with Gasteiger partial charge in [-0.3, -0.25) is 4.40 Å². The van der Waals surface area contributed by atoms with Gasteiger partial charge in [-0.2, -0.15) is 0 Å². The second-order valence-electron chi connectivity index (χ2n) is 4.44. The highest BCUT2D eigenvalue weighted by molar-refractivity contribution is 5.67. The van der Waals surface area contributed by atoms with Gasteiger partial charge in [0.15, 0.2) is 0 Å². The molecule has 1 atom stereocenters. The van der Waals surface area contributed by atoms with E-state index in [2.05, 4.69) is 27.6 Å². The topological polar surface area (TPSA) is 43.3 Å². The Bertz CT molecular complexity index is 683. The minimum atomic E-state index is 0.0139. The lowest BCUT2D eigenvalue weighted by atomic mass is 9.99. The van der Waals surface area contributed by atoms with Crippen LogP contribution in [0.25, 0.3) is 16.9 Å². The van der Waals surface area contributed by atoms with Crippen LogP contribution in [0.4, 0.5) is 0 Å². The van der Waals surface area contributed by atoms with E-state index in [4.69, 9.17) is 5.73 Å². The highest BCUT2D eigenvalue weighted by atomic mass is 15.0. The molecule has 1 unspecified atom stereocenters. The van der Waals surface area contributed by atoms with Crippen LogP contribution in [-0.4, -0.2) is 9.38 Å². The molecule has 1 aromatic carbocycles. The molecule has 0 amide bonds. The number of hydrogen-bond donors (Lipinski definition) is 1. The maximum Gasteiger partial charge on any atom is 0.137 e. The van der Waals surface area contributed by atoms with Crippen LogP contribution in [0.5, 0.6) is 0 Å². The average molecular weight is 237 g/mol. The van der Waals surface area contributed by atoms with Crippen molar-refractivity contribution in [2.24, 2.45) is 5.73 Å². The van der Waals surface area contributed by atoms with Gasteiger partial charge < -0.3 is 5.73 Å². The summed E-state index contributed by atoms with van der Waals surface area (Å²) in [6.07, 6.45) is 3.79. The molecule has 0 aliphatic carbocycles. The number of fused-ring (bicyclic) bond motifs is 1. The summed E-state index contributed by atoms with van der Waals surface area (Å²) in [4.78, 5) is 4.31. The van der Waals surface area contributed by atoms with E-state index in [0.29, 0.717) is 0 Å². The molecule has 0 fully saturated rings. The minimum Gasteiger partial charge on any atom is -0.324 e. The first kappa shape index (κ1) is 11.0. The van der Waals surface area contributed by atoms with Crippen LogP contribution in [0.15, 0.2) is 54.9 Å². The van der Waals surface area contributed by atoms with E-state index in [1.165, 1.54) is 0 Å². The predicted molar refractivity (Wildman–Crippen MR) is 73.2 cm³/mol. The third-order valence-corrected chi connectivity index (χ3v) is 3.16. The second kappa shape index (κ2) is 4.27. The number of imidazole rings is 1. The Kier molecular flexibility index (Phi) is 2.61. The van der Waals surface area contributed by atoms with Crippen molar-refractivity contribution in [3.8, 4) is 11.3 Å². The highest BCUT2D eigenvalue weighted by Crippen LogP contribution is 2.27. The molecule has 0 saturated carbocycles. The Labute approximate surface area is 106 Å². The molecule has 2 N–H and O–H groups in total. The number of rotatable bonds is 2. The van der Waals surface area contributed by atoms with Crippen molar-refractivity contribution in [3.63, 3.8) is 0 Å². The van der Waals surface area contributed by atoms with Crippen LogP contribution in [0.1, 0.15) is 18.5 Å². The second-order valence-corrected chi connectivity index (χ2v) is 4.44. The van der Waals surface area contributed by atoms with Gasteiger partial charge in [0.25, 0.3) is 0 Å². The summed E-state index contributed by atoms with van der Waals surface area (Å²) >= 11 is 0. The van der Waals surface area contributed by atoms with E-state index in [1.807, 2.05) is 43.6 Å². The van der Waals surface area contributed by atoms with Gasteiger partial charge in [0, 0.05) is 24.0 Å². The minimum absolute atomic E-state index is 0.0139. The van der Waals surface area contributed by atoms with E-state index in [0.717, 1.165) is 22.5 Å². The molecule has 0 bridgehead atoms. The van der Waals surface area contributed by atoms with Crippen LogP contribution in [-0.2, 0) is 0 Å². The summed E-state index contributed by atoms with van der Waals surface area (Å²) in [5.74, 6) is 0. The Hall–Kier alpha value is -2.13. The monoisotopic (exact) mass is 237 g/mol. The molecule has 3 nitrogen and oxygen atoms in total. The van der Waals surface area contributed by atoms with Crippen molar-refractivity contribution in [3.05, 3.63) is 60.4 Å². The van der Waals surface area contributed by atoms with Crippen molar-refractivity contribution in [1.29, 1.82) is 0 Å². The fraction of sp³-hybridized carbons (Fsp3) is 0.133. The molecule has 0 aliphatic heterocycles. The maximum absolute atomic E-state index is 6.05. The average Bonchev–Trinajstić information content (AvgIpc) is 2.86. The van der Waals surface area contributed by atoms with Crippen LogP contribution >= 0.6 is 0 Å². The first-order chi connectivity index (χ1) is 8.77. The van der Waals surface area contributed by atoms with E-state index < -0.39 is 0 Å². The van der Waals surface area contributed by atoms with Gasteiger partial charge in [-0.1, -0.05) is 30.3 Å². The molecule has 3 heteroatoms. The summed E-state index contributed by atoms with van der Waals surface area (Å²) in [5, 5.41) is 0. The molecule has 3 rings (SSSR count). The number of nitrogens with two attached hydrogens (primary N) is 1. The quantitative estimate of drug-likeness (QED) is 0.744. The lowest BCUT2D eigenvalue weighted by Crippen LogP contribution is -2.07. The summed E-state index contributed by atoms with van der Waals surface area (Å²) < 4.78 is 2.08. The molecule has 0 aliphatic rings. The third kappa shape index (κ3) is 1.69. The summed E-state index contributed by atoms with van der Waals surface area (Å²) in [6.45, 7) is 2.01. The van der Waals surface area contributed by atoms with Crippen molar-refractivity contribution < 1.29 is 0 Å². The van der Waals surface area contributed by atoms with Crippen molar-refractivity contribution >= 4 is 5.65 Å². The molecule has 3 aromatic rings. The predicted octanol–water partition coefficient (Wildman–Crippen LogP) is 3.02. The smallest absolute Gasteiger partial charge is 0.137 e. The zero-order valence-electron chi connectivity index (χ0n) is 10.2. The molecule has 2 heterocycles. The maximum atomic E-state index is 6.05. The Morgan fingerprint density at radius 1 is 1.11 bits per heavy atom. The zero-order valence-corrected chi connectivity index (χ0v) is 10.2. The fourth-order valence-corrected chi connectivity index (χ4v) is 2.29. The first-order valence-corrected chi connectivity index (χ1v) is 6.04. The van der Waals surface area contributed by atoms with Gasteiger partial charge >= 0.3 is 0 Å². The molecule has 18 heavy (non-hydrogen) atoms. The highest BCUT2D eigenvalue weighted by Gasteiger charge is 2.10. The largest absolute Gasteiger partial charge is 0.324 e. The molecule has 0 saturated heterocycles. The number of hydrogen-bond acceptors (Lipinski definition) is 2. The first-order valence-electron chi connectivity index (χ1n) is 6.04. The van der Waals surface area contributed by atoms with Crippen LogP contribution in [0.3, 0.4) is 0 Å². The van der Waals surface area contributed by atoms with Gasteiger partial charge in [0.1, 0.15) is 5.65 Å². The van der Waals surface area contributed by atoms with Crippen LogP contribution < -0.4 is 5.73 Å². The molecule has 0 spiro atoms. The summed E-state index contributed by atoms with van der Waals surface area (Å²) in [5.41, 5.74) is 10.4. The number of benzene rings is 1. The zero-order chi connectivity index (χ0) is 12.5. The van der Waals surface area contributed by atoms with Crippen LogP contribution in [0, 0.1) is 0 Å². The Balaban J connectivity index is 2.29. The number of pyridine rings is 1. The van der Waals surface area contributed by atoms with Gasteiger partial charge in [-0.05, 0) is 24.6 Å².